The predicted octanol–water partition coefficient (Wildman–Crippen LogP) is 2.95. The van der Waals surface area contributed by atoms with Gasteiger partial charge >= 0.3 is 0 Å². The Hall–Kier alpha value is -0.900. The average Bonchev–Trinajstić information content (AvgIpc) is 2.91. The van der Waals surface area contributed by atoms with E-state index in [0.717, 1.165) is 0 Å². The summed E-state index contributed by atoms with van der Waals surface area (Å²) < 4.78 is 5.17. The lowest BCUT2D eigenvalue weighted by Gasteiger charge is -2.35. The summed E-state index contributed by atoms with van der Waals surface area (Å²) in [6.45, 7) is 7.17. The third kappa shape index (κ3) is 3.40. The minimum atomic E-state index is 0.349. The highest BCUT2D eigenvalue weighted by molar-refractivity contribution is 5.25. The topological polar surface area (TPSA) is 38.5 Å². The van der Waals surface area contributed by atoms with E-state index < -0.39 is 0 Å². The Morgan fingerprint density at radius 2 is 2.00 bits per heavy atom. The Balaban J connectivity index is 2.14. The van der Waals surface area contributed by atoms with E-state index in [2.05, 4.69) is 43.0 Å². The number of likely N-dealkylation sites (tertiary alicyclic amines) is 1. The first-order valence-corrected chi connectivity index (χ1v) is 7.71. The number of hydrogen-bond acceptors (Lipinski definition) is 3. The molecule has 1 aromatic rings. The number of benzene rings is 1. The van der Waals surface area contributed by atoms with Crippen molar-refractivity contribution < 1.29 is 4.74 Å². The van der Waals surface area contributed by atoms with Crippen LogP contribution in [0.4, 0.5) is 0 Å². The maximum absolute atomic E-state index is 6.08. The zero-order valence-corrected chi connectivity index (χ0v) is 13.0. The van der Waals surface area contributed by atoms with Crippen molar-refractivity contribution in [2.45, 2.75) is 45.4 Å². The smallest absolute Gasteiger partial charge is 0.0713 e. The van der Waals surface area contributed by atoms with Gasteiger partial charge in [0.1, 0.15) is 0 Å². The minimum absolute atomic E-state index is 0.349. The Kier molecular flexibility index (Phi) is 5.58. The summed E-state index contributed by atoms with van der Waals surface area (Å²) in [6, 6.07) is 9.75. The van der Waals surface area contributed by atoms with Crippen LogP contribution in [0.5, 0.6) is 0 Å². The van der Waals surface area contributed by atoms with Crippen LogP contribution < -0.4 is 5.73 Å². The van der Waals surface area contributed by atoms with Crippen molar-refractivity contribution in [3.63, 3.8) is 0 Å². The lowest BCUT2D eigenvalue weighted by molar-refractivity contribution is 0.149. The summed E-state index contributed by atoms with van der Waals surface area (Å²) in [5, 5.41) is 0. The van der Waals surface area contributed by atoms with Gasteiger partial charge in [-0.1, -0.05) is 38.1 Å². The zero-order valence-electron chi connectivity index (χ0n) is 13.0. The molecule has 0 aromatic heterocycles. The van der Waals surface area contributed by atoms with Gasteiger partial charge in [0.2, 0.25) is 0 Å². The first-order valence-electron chi connectivity index (χ1n) is 7.71. The van der Waals surface area contributed by atoms with Crippen molar-refractivity contribution in [3.05, 3.63) is 35.4 Å². The van der Waals surface area contributed by atoms with E-state index in [1.165, 1.54) is 30.5 Å². The second kappa shape index (κ2) is 7.21. The van der Waals surface area contributed by atoms with Crippen molar-refractivity contribution in [1.29, 1.82) is 0 Å². The van der Waals surface area contributed by atoms with Gasteiger partial charge in [0, 0.05) is 25.7 Å². The monoisotopic (exact) mass is 276 g/mol. The number of nitrogens with zero attached hydrogens (tertiary/aromatic N) is 1. The molecular formula is C17H28N2O. The van der Waals surface area contributed by atoms with Gasteiger partial charge in [-0.05, 0) is 36.4 Å². The lowest BCUT2D eigenvalue weighted by atomic mass is 9.98. The summed E-state index contributed by atoms with van der Waals surface area (Å²) >= 11 is 0. The highest BCUT2D eigenvalue weighted by Gasteiger charge is 2.32. The van der Waals surface area contributed by atoms with E-state index in [1.807, 2.05) is 0 Å². The predicted molar refractivity (Wildman–Crippen MR) is 83.5 cm³/mol. The summed E-state index contributed by atoms with van der Waals surface area (Å²) in [6.07, 6.45) is 2.59. The number of nitrogens with two attached hydrogens (primary N) is 1. The molecule has 0 radical (unpaired) electrons. The van der Waals surface area contributed by atoms with Crippen LogP contribution in [0.25, 0.3) is 0 Å². The maximum atomic E-state index is 6.08. The fourth-order valence-electron chi connectivity index (χ4n) is 3.38. The van der Waals surface area contributed by atoms with Crippen molar-refractivity contribution in [2.24, 2.45) is 11.7 Å². The lowest BCUT2D eigenvalue weighted by Crippen LogP contribution is -2.39. The number of ether oxygens (including phenoxy) is 1. The largest absolute Gasteiger partial charge is 0.380 e. The third-order valence-corrected chi connectivity index (χ3v) is 4.41. The maximum Gasteiger partial charge on any atom is 0.0713 e. The molecule has 0 spiro atoms. The van der Waals surface area contributed by atoms with Crippen LogP contribution in [-0.2, 0) is 11.3 Å². The van der Waals surface area contributed by atoms with Gasteiger partial charge in [0.25, 0.3) is 0 Å². The molecule has 0 saturated carbocycles. The first kappa shape index (κ1) is 15.5. The van der Waals surface area contributed by atoms with E-state index >= 15 is 0 Å². The molecule has 0 amide bonds. The quantitative estimate of drug-likeness (QED) is 0.868. The van der Waals surface area contributed by atoms with E-state index in [9.17, 15) is 0 Å². The minimum Gasteiger partial charge on any atom is -0.380 e. The van der Waals surface area contributed by atoms with Gasteiger partial charge in [0.05, 0.1) is 6.61 Å². The van der Waals surface area contributed by atoms with Gasteiger partial charge < -0.3 is 10.5 Å². The summed E-state index contributed by atoms with van der Waals surface area (Å²) in [4.78, 5) is 2.61. The van der Waals surface area contributed by atoms with Crippen LogP contribution >= 0.6 is 0 Å². The molecule has 1 aliphatic rings. The zero-order chi connectivity index (χ0) is 14.5. The average molecular weight is 276 g/mol. The van der Waals surface area contributed by atoms with Crippen LogP contribution in [0.1, 0.15) is 43.9 Å². The molecule has 20 heavy (non-hydrogen) atoms. The molecule has 112 valence electrons. The molecule has 2 rings (SSSR count). The first-order chi connectivity index (χ1) is 9.67. The highest BCUT2D eigenvalue weighted by atomic mass is 16.5. The van der Waals surface area contributed by atoms with Crippen molar-refractivity contribution >= 4 is 0 Å². The fourth-order valence-corrected chi connectivity index (χ4v) is 3.38. The van der Waals surface area contributed by atoms with E-state index in [1.54, 1.807) is 7.11 Å². The van der Waals surface area contributed by atoms with E-state index in [-0.39, 0.29) is 0 Å². The number of hydrogen-bond donors (Lipinski definition) is 1. The molecule has 1 fully saturated rings. The molecule has 1 saturated heterocycles. The second-order valence-corrected chi connectivity index (χ2v) is 6.12. The van der Waals surface area contributed by atoms with Crippen molar-refractivity contribution in [1.82, 2.24) is 4.90 Å². The Labute approximate surface area is 123 Å². The fraction of sp³-hybridized carbons (Fsp3) is 0.647. The van der Waals surface area contributed by atoms with Crippen LogP contribution in [0.3, 0.4) is 0 Å². The number of rotatable bonds is 6. The van der Waals surface area contributed by atoms with E-state index in [0.29, 0.717) is 31.2 Å². The van der Waals surface area contributed by atoms with Crippen LogP contribution in [0, 0.1) is 5.92 Å². The molecule has 2 atom stereocenters. The van der Waals surface area contributed by atoms with Crippen molar-refractivity contribution in [3.8, 4) is 0 Å². The van der Waals surface area contributed by atoms with Crippen LogP contribution in [0.15, 0.2) is 24.3 Å². The van der Waals surface area contributed by atoms with Crippen molar-refractivity contribution in [2.75, 3.05) is 20.2 Å². The third-order valence-electron chi connectivity index (χ3n) is 4.41. The van der Waals surface area contributed by atoms with Gasteiger partial charge in [-0.25, -0.2) is 0 Å². The Morgan fingerprint density at radius 3 is 2.55 bits per heavy atom. The normalized spacial score (nSPS) is 21.6. The Bertz CT molecular complexity index is 402. The van der Waals surface area contributed by atoms with Gasteiger partial charge in [0.15, 0.2) is 0 Å². The molecule has 0 aliphatic carbocycles. The van der Waals surface area contributed by atoms with E-state index in [4.69, 9.17) is 10.5 Å². The molecule has 3 nitrogen and oxygen atoms in total. The summed E-state index contributed by atoms with van der Waals surface area (Å²) in [5.74, 6) is 0.694. The molecule has 1 aromatic carbocycles. The Morgan fingerprint density at radius 1 is 1.30 bits per heavy atom. The van der Waals surface area contributed by atoms with Gasteiger partial charge in [-0.3, -0.25) is 4.90 Å². The molecule has 0 bridgehead atoms. The molecule has 3 heteroatoms. The highest BCUT2D eigenvalue weighted by Crippen LogP contribution is 2.32. The standard InChI is InChI=1S/C17H28N2O/c1-13(2)16-5-4-10-19(16)17(11-18)15-8-6-14(7-9-15)12-20-3/h6-9,13,16-17H,4-5,10-12,18H2,1-3H3. The molecular weight excluding hydrogens is 248 g/mol. The van der Waals surface area contributed by atoms with Crippen LogP contribution in [-0.4, -0.2) is 31.1 Å². The van der Waals surface area contributed by atoms with Crippen LogP contribution in [0.2, 0.25) is 0 Å². The molecule has 2 N–H and O–H groups in total. The summed E-state index contributed by atoms with van der Waals surface area (Å²) in [7, 11) is 1.73. The molecule has 2 unspecified atom stereocenters. The molecule has 1 heterocycles. The number of methoxy groups -OCH3 is 1. The van der Waals surface area contributed by atoms with Gasteiger partial charge in [-0.2, -0.15) is 0 Å². The summed E-state index contributed by atoms with van der Waals surface area (Å²) in [5.41, 5.74) is 8.63. The molecule has 1 aliphatic heterocycles. The second-order valence-electron chi connectivity index (χ2n) is 6.12. The van der Waals surface area contributed by atoms with Gasteiger partial charge in [-0.15, -0.1) is 0 Å². The SMILES string of the molecule is COCc1ccc(C(CN)N2CCCC2C(C)C)cc1.